The van der Waals surface area contributed by atoms with Crippen molar-refractivity contribution in [1.29, 1.82) is 0 Å². The van der Waals surface area contributed by atoms with Crippen molar-refractivity contribution in [2.24, 2.45) is 5.92 Å². The number of rotatable bonds is 8. The van der Waals surface area contributed by atoms with Crippen molar-refractivity contribution in [1.82, 2.24) is 20.4 Å². The topological polar surface area (TPSA) is 54.2 Å². The Bertz CT molecular complexity index is 372. The van der Waals surface area contributed by atoms with Crippen LogP contribution < -0.4 is 5.32 Å². The molecule has 0 spiro atoms. The van der Waals surface area contributed by atoms with E-state index in [1.165, 1.54) is 25.8 Å². The predicted octanol–water partition coefficient (Wildman–Crippen LogP) is 2.23. The van der Waals surface area contributed by atoms with Gasteiger partial charge in [-0.2, -0.15) is 4.98 Å². The van der Waals surface area contributed by atoms with E-state index in [9.17, 15) is 0 Å². The Morgan fingerprint density at radius 3 is 2.75 bits per heavy atom. The third kappa shape index (κ3) is 4.87. The summed E-state index contributed by atoms with van der Waals surface area (Å²) in [6.07, 6.45) is 5.71. The van der Waals surface area contributed by atoms with Gasteiger partial charge in [-0.25, -0.2) is 0 Å². The number of nitrogens with one attached hydrogen (secondary N) is 1. The predicted molar refractivity (Wildman–Crippen MR) is 79.5 cm³/mol. The summed E-state index contributed by atoms with van der Waals surface area (Å²) in [6, 6.07) is 0. The van der Waals surface area contributed by atoms with Crippen molar-refractivity contribution in [2.45, 2.75) is 52.5 Å². The minimum absolute atomic E-state index is 0.779. The molecule has 1 aliphatic rings. The molecule has 0 amide bonds. The molecule has 2 heterocycles. The van der Waals surface area contributed by atoms with Gasteiger partial charge < -0.3 is 9.84 Å². The quantitative estimate of drug-likeness (QED) is 0.740. The summed E-state index contributed by atoms with van der Waals surface area (Å²) in [5.74, 6) is 2.45. The third-order valence-corrected chi connectivity index (χ3v) is 3.91. The van der Waals surface area contributed by atoms with Crippen molar-refractivity contribution < 1.29 is 4.52 Å². The lowest BCUT2D eigenvalue weighted by molar-refractivity contribution is 0.170. The Morgan fingerprint density at radius 2 is 2.05 bits per heavy atom. The number of hydrogen-bond donors (Lipinski definition) is 1. The monoisotopic (exact) mass is 280 g/mol. The van der Waals surface area contributed by atoms with Crippen LogP contribution in [-0.2, 0) is 13.0 Å². The van der Waals surface area contributed by atoms with Gasteiger partial charge >= 0.3 is 0 Å². The molecule has 1 fully saturated rings. The van der Waals surface area contributed by atoms with E-state index in [2.05, 4.69) is 34.2 Å². The van der Waals surface area contributed by atoms with Gasteiger partial charge in [0.05, 0.1) is 6.54 Å². The van der Waals surface area contributed by atoms with E-state index in [1.807, 2.05) is 0 Å². The zero-order valence-corrected chi connectivity index (χ0v) is 12.9. The first-order valence-electron chi connectivity index (χ1n) is 8.06. The summed E-state index contributed by atoms with van der Waals surface area (Å²) in [5, 5.41) is 7.60. The van der Waals surface area contributed by atoms with E-state index >= 15 is 0 Å². The van der Waals surface area contributed by atoms with E-state index in [1.54, 1.807) is 0 Å². The summed E-state index contributed by atoms with van der Waals surface area (Å²) >= 11 is 0. The van der Waals surface area contributed by atoms with Gasteiger partial charge in [-0.3, -0.25) is 4.90 Å². The maximum atomic E-state index is 5.24. The summed E-state index contributed by atoms with van der Waals surface area (Å²) in [7, 11) is 0. The van der Waals surface area contributed by atoms with Crippen LogP contribution in [0.2, 0.25) is 0 Å². The fraction of sp³-hybridized carbons (Fsp3) is 0.867. The molecule has 1 aliphatic heterocycles. The normalized spacial score (nSPS) is 17.7. The van der Waals surface area contributed by atoms with Gasteiger partial charge in [0.25, 0.3) is 0 Å². The molecule has 2 rings (SSSR count). The Labute approximate surface area is 122 Å². The van der Waals surface area contributed by atoms with Gasteiger partial charge in [-0.05, 0) is 57.8 Å². The van der Waals surface area contributed by atoms with Gasteiger partial charge in [0.1, 0.15) is 0 Å². The van der Waals surface area contributed by atoms with Gasteiger partial charge in [-0.1, -0.05) is 19.0 Å². The smallest absolute Gasteiger partial charge is 0.226 e. The second kappa shape index (κ2) is 8.37. The van der Waals surface area contributed by atoms with Crippen LogP contribution in [0.4, 0.5) is 0 Å². The highest BCUT2D eigenvalue weighted by molar-refractivity contribution is 4.87. The van der Waals surface area contributed by atoms with Gasteiger partial charge in [0.2, 0.25) is 5.89 Å². The molecular weight excluding hydrogens is 252 g/mol. The largest absolute Gasteiger partial charge is 0.339 e. The maximum Gasteiger partial charge on any atom is 0.226 e. The molecule has 0 atom stereocenters. The van der Waals surface area contributed by atoms with E-state index < -0.39 is 0 Å². The zero-order valence-electron chi connectivity index (χ0n) is 12.9. The van der Waals surface area contributed by atoms with Crippen molar-refractivity contribution in [2.75, 3.05) is 26.2 Å². The molecule has 0 aromatic carbocycles. The Hall–Kier alpha value is -0.940. The van der Waals surface area contributed by atoms with Crippen molar-refractivity contribution >= 4 is 0 Å². The highest BCUT2D eigenvalue weighted by Crippen LogP contribution is 2.17. The standard InChI is InChI=1S/C15H28N4O/c1-3-5-15-17-14(18-20-15)12-19-9-6-13(7-10-19)11-16-8-4-2/h13,16H,3-12H2,1-2H3. The van der Waals surface area contributed by atoms with Gasteiger partial charge in [0.15, 0.2) is 5.82 Å². The SMILES string of the molecule is CCCNCC1CCN(Cc2noc(CCC)n2)CC1. The number of hydrogen-bond acceptors (Lipinski definition) is 5. The van der Waals surface area contributed by atoms with Crippen LogP contribution in [0.25, 0.3) is 0 Å². The van der Waals surface area contributed by atoms with E-state index in [4.69, 9.17) is 4.52 Å². The van der Waals surface area contributed by atoms with Crippen LogP contribution in [0.15, 0.2) is 4.52 Å². The molecule has 0 aliphatic carbocycles. The molecule has 5 heteroatoms. The minimum Gasteiger partial charge on any atom is -0.339 e. The van der Waals surface area contributed by atoms with Crippen LogP contribution in [0.3, 0.4) is 0 Å². The molecule has 0 unspecified atom stereocenters. The second-order valence-corrected chi connectivity index (χ2v) is 5.78. The molecule has 1 aromatic rings. The fourth-order valence-corrected chi connectivity index (χ4v) is 2.70. The lowest BCUT2D eigenvalue weighted by Gasteiger charge is -2.31. The van der Waals surface area contributed by atoms with E-state index in [0.29, 0.717) is 0 Å². The molecule has 20 heavy (non-hydrogen) atoms. The maximum absolute atomic E-state index is 5.24. The van der Waals surface area contributed by atoms with Crippen LogP contribution >= 0.6 is 0 Å². The Kier molecular flexibility index (Phi) is 6.47. The number of aromatic nitrogens is 2. The van der Waals surface area contributed by atoms with Crippen LogP contribution in [0.1, 0.15) is 51.2 Å². The molecule has 114 valence electrons. The second-order valence-electron chi connectivity index (χ2n) is 5.78. The van der Waals surface area contributed by atoms with Crippen molar-refractivity contribution in [3.63, 3.8) is 0 Å². The number of nitrogens with zero attached hydrogens (tertiary/aromatic N) is 3. The fourth-order valence-electron chi connectivity index (χ4n) is 2.70. The molecule has 5 nitrogen and oxygen atoms in total. The van der Waals surface area contributed by atoms with Crippen LogP contribution in [0, 0.1) is 5.92 Å². The first-order valence-corrected chi connectivity index (χ1v) is 8.06. The summed E-state index contributed by atoms with van der Waals surface area (Å²) in [6.45, 7) is 9.79. The molecule has 0 bridgehead atoms. The number of likely N-dealkylation sites (tertiary alicyclic amines) is 1. The minimum atomic E-state index is 0.779. The van der Waals surface area contributed by atoms with Gasteiger partial charge in [-0.15, -0.1) is 0 Å². The molecular formula is C15H28N4O. The summed E-state index contributed by atoms with van der Waals surface area (Å²) in [5.41, 5.74) is 0. The zero-order chi connectivity index (χ0) is 14.2. The van der Waals surface area contributed by atoms with E-state index in [-0.39, 0.29) is 0 Å². The Balaban J connectivity index is 1.68. The van der Waals surface area contributed by atoms with Crippen LogP contribution in [-0.4, -0.2) is 41.2 Å². The van der Waals surface area contributed by atoms with Crippen LogP contribution in [0.5, 0.6) is 0 Å². The average molecular weight is 280 g/mol. The highest BCUT2D eigenvalue weighted by Gasteiger charge is 2.20. The third-order valence-electron chi connectivity index (χ3n) is 3.91. The molecule has 1 aromatic heterocycles. The Morgan fingerprint density at radius 1 is 1.25 bits per heavy atom. The average Bonchev–Trinajstić information content (AvgIpc) is 2.89. The van der Waals surface area contributed by atoms with Crippen molar-refractivity contribution in [3.05, 3.63) is 11.7 Å². The molecule has 1 N–H and O–H groups in total. The summed E-state index contributed by atoms with van der Waals surface area (Å²) < 4.78 is 5.24. The molecule has 1 saturated heterocycles. The molecule has 0 saturated carbocycles. The van der Waals surface area contributed by atoms with E-state index in [0.717, 1.165) is 56.7 Å². The first kappa shape index (κ1) is 15.4. The summed E-state index contributed by atoms with van der Waals surface area (Å²) in [4.78, 5) is 6.88. The number of aryl methyl sites for hydroxylation is 1. The number of piperidine rings is 1. The molecule has 0 radical (unpaired) electrons. The van der Waals surface area contributed by atoms with Gasteiger partial charge in [0, 0.05) is 6.42 Å². The van der Waals surface area contributed by atoms with Crippen molar-refractivity contribution in [3.8, 4) is 0 Å². The first-order chi connectivity index (χ1) is 9.81. The highest BCUT2D eigenvalue weighted by atomic mass is 16.5. The lowest BCUT2D eigenvalue weighted by Crippen LogP contribution is -2.37. The lowest BCUT2D eigenvalue weighted by atomic mass is 9.97.